The number of hydrogen-bond donors (Lipinski definition) is 1. The van der Waals surface area contributed by atoms with Gasteiger partial charge >= 0.3 is 5.91 Å². The van der Waals surface area contributed by atoms with Crippen LogP contribution in [-0.4, -0.2) is 21.8 Å². The average molecular weight is 469 g/mol. The number of anilines is 1. The fourth-order valence-corrected chi connectivity index (χ4v) is 5.36. The zero-order valence-electron chi connectivity index (χ0n) is 19.2. The van der Waals surface area contributed by atoms with E-state index in [0.29, 0.717) is 10.7 Å². The number of aromatic nitrogens is 1. The van der Waals surface area contributed by atoms with Gasteiger partial charge in [0, 0.05) is 5.56 Å². The minimum absolute atomic E-state index is 0.0774. The van der Waals surface area contributed by atoms with Gasteiger partial charge < -0.3 is 5.11 Å². The molecule has 6 heteroatoms. The lowest BCUT2D eigenvalue weighted by atomic mass is 9.94. The van der Waals surface area contributed by atoms with Gasteiger partial charge in [-0.25, -0.2) is 4.98 Å². The van der Waals surface area contributed by atoms with Gasteiger partial charge in [0.2, 0.25) is 0 Å². The monoisotopic (exact) mass is 468 g/mol. The third kappa shape index (κ3) is 3.70. The Kier molecular flexibility index (Phi) is 5.54. The normalized spacial score (nSPS) is 17.6. The van der Waals surface area contributed by atoms with Crippen LogP contribution in [0.5, 0.6) is 0 Å². The highest BCUT2D eigenvalue weighted by atomic mass is 32.1. The molecule has 1 atom stereocenters. The van der Waals surface area contributed by atoms with Crippen molar-refractivity contribution in [2.75, 3.05) is 4.90 Å². The molecule has 0 aliphatic carbocycles. The number of carbonyl (C=O) groups is 2. The summed E-state index contributed by atoms with van der Waals surface area (Å²) < 4.78 is 0.940. The van der Waals surface area contributed by atoms with E-state index in [4.69, 9.17) is 0 Å². The quantitative estimate of drug-likeness (QED) is 0.223. The van der Waals surface area contributed by atoms with Gasteiger partial charge in [0.15, 0.2) is 5.13 Å². The van der Waals surface area contributed by atoms with Gasteiger partial charge in [0.1, 0.15) is 5.76 Å². The summed E-state index contributed by atoms with van der Waals surface area (Å²) >= 11 is 1.37. The SMILES string of the molecule is CCc1ccc([C@@H]2C(=C(O)c3ccc(C)cc3)C(=O)C(=O)N2c2nc3ccc(C)cc3s2)cc1. The van der Waals surface area contributed by atoms with E-state index in [2.05, 4.69) is 11.9 Å². The van der Waals surface area contributed by atoms with Gasteiger partial charge in [-0.2, -0.15) is 0 Å². The highest BCUT2D eigenvalue weighted by Crippen LogP contribution is 2.44. The van der Waals surface area contributed by atoms with Crippen molar-refractivity contribution in [1.82, 2.24) is 4.98 Å². The Balaban J connectivity index is 1.72. The molecule has 5 nitrogen and oxygen atoms in total. The van der Waals surface area contributed by atoms with Crippen molar-refractivity contribution in [2.24, 2.45) is 0 Å². The van der Waals surface area contributed by atoms with E-state index in [9.17, 15) is 14.7 Å². The maximum atomic E-state index is 13.4. The van der Waals surface area contributed by atoms with E-state index >= 15 is 0 Å². The van der Waals surface area contributed by atoms with Gasteiger partial charge in [-0.3, -0.25) is 14.5 Å². The van der Waals surface area contributed by atoms with Crippen LogP contribution in [0.25, 0.3) is 16.0 Å². The summed E-state index contributed by atoms with van der Waals surface area (Å²) in [6, 6.07) is 20.2. The largest absolute Gasteiger partial charge is 0.507 e. The molecule has 0 unspecified atom stereocenters. The van der Waals surface area contributed by atoms with Crippen LogP contribution in [0.4, 0.5) is 5.13 Å². The fraction of sp³-hybridized carbons (Fsp3) is 0.179. The second-order valence-corrected chi connectivity index (χ2v) is 9.61. The fourth-order valence-electron chi connectivity index (χ4n) is 4.27. The first kappa shape index (κ1) is 22.0. The molecule has 0 spiro atoms. The smallest absolute Gasteiger partial charge is 0.301 e. The average Bonchev–Trinajstić information content (AvgIpc) is 3.37. The van der Waals surface area contributed by atoms with Crippen molar-refractivity contribution in [3.05, 3.63) is 100 Å². The van der Waals surface area contributed by atoms with Crippen molar-refractivity contribution in [2.45, 2.75) is 33.2 Å². The molecule has 4 aromatic rings. The maximum Gasteiger partial charge on any atom is 0.301 e. The van der Waals surface area contributed by atoms with Gasteiger partial charge in [-0.1, -0.05) is 78.4 Å². The van der Waals surface area contributed by atoms with Crippen molar-refractivity contribution in [1.29, 1.82) is 0 Å². The maximum absolute atomic E-state index is 13.4. The predicted octanol–water partition coefficient (Wildman–Crippen LogP) is 6.10. The summed E-state index contributed by atoms with van der Waals surface area (Å²) in [5.74, 6) is -1.57. The van der Waals surface area contributed by atoms with Crippen LogP contribution >= 0.6 is 11.3 Å². The number of thiazole rings is 1. The molecule has 1 N–H and O–H groups in total. The summed E-state index contributed by atoms with van der Waals surface area (Å²) in [5.41, 5.74) is 5.37. The number of ketones is 1. The Morgan fingerprint density at radius 3 is 2.32 bits per heavy atom. The lowest BCUT2D eigenvalue weighted by Crippen LogP contribution is -2.29. The second kappa shape index (κ2) is 8.54. The zero-order valence-corrected chi connectivity index (χ0v) is 20.0. The molecule has 1 aliphatic rings. The molecule has 34 heavy (non-hydrogen) atoms. The Morgan fingerprint density at radius 1 is 0.971 bits per heavy atom. The Hall–Kier alpha value is -3.77. The number of aliphatic hydroxyl groups is 1. The van der Waals surface area contributed by atoms with Crippen LogP contribution < -0.4 is 4.90 Å². The predicted molar refractivity (Wildman–Crippen MR) is 136 cm³/mol. The highest BCUT2D eigenvalue weighted by molar-refractivity contribution is 7.22. The molecule has 1 fully saturated rings. The van der Waals surface area contributed by atoms with Crippen LogP contribution in [0.1, 0.15) is 40.8 Å². The van der Waals surface area contributed by atoms with E-state index < -0.39 is 17.7 Å². The lowest BCUT2D eigenvalue weighted by Gasteiger charge is -2.23. The zero-order chi connectivity index (χ0) is 24.0. The van der Waals surface area contributed by atoms with Crippen molar-refractivity contribution in [3.8, 4) is 0 Å². The highest BCUT2D eigenvalue weighted by Gasteiger charge is 2.48. The molecule has 1 aromatic heterocycles. The van der Waals surface area contributed by atoms with Crippen LogP contribution in [0.2, 0.25) is 0 Å². The molecule has 0 bridgehead atoms. The van der Waals surface area contributed by atoms with Crippen LogP contribution in [-0.2, 0) is 16.0 Å². The van der Waals surface area contributed by atoms with Crippen molar-refractivity contribution in [3.63, 3.8) is 0 Å². The van der Waals surface area contributed by atoms with Crippen molar-refractivity contribution >= 4 is 44.1 Å². The first-order chi connectivity index (χ1) is 16.4. The molecule has 1 aliphatic heterocycles. The topological polar surface area (TPSA) is 70.5 Å². The third-order valence-electron chi connectivity index (χ3n) is 6.21. The summed E-state index contributed by atoms with van der Waals surface area (Å²) in [4.78, 5) is 32.8. The first-order valence-corrected chi connectivity index (χ1v) is 12.0. The van der Waals surface area contributed by atoms with Crippen LogP contribution in [0.15, 0.2) is 72.3 Å². The van der Waals surface area contributed by atoms with Crippen LogP contribution in [0, 0.1) is 13.8 Å². The Bertz CT molecular complexity index is 1450. The first-order valence-electron chi connectivity index (χ1n) is 11.2. The molecule has 0 radical (unpaired) electrons. The number of Topliss-reactive ketones (excluding diaryl/α,β-unsaturated/α-hetero) is 1. The summed E-state index contributed by atoms with van der Waals surface area (Å²) in [6.45, 7) is 6.02. The number of nitrogens with zero attached hydrogens (tertiary/aromatic N) is 2. The Labute approximate surface area is 202 Å². The van der Waals surface area contributed by atoms with Crippen molar-refractivity contribution < 1.29 is 14.7 Å². The van der Waals surface area contributed by atoms with E-state index in [1.54, 1.807) is 12.1 Å². The van der Waals surface area contributed by atoms with E-state index in [1.165, 1.54) is 16.2 Å². The van der Waals surface area contributed by atoms with E-state index in [-0.39, 0.29) is 11.3 Å². The second-order valence-electron chi connectivity index (χ2n) is 8.60. The summed E-state index contributed by atoms with van der Waals surface area (Å²) in [5, 5.41) is 11.7. The van der Waals surface area contributed by atoms with E-state index in [0.717, 1.165) is 38.9 Å². The van der Waals surface area contributed by atoms with Gasteiger partial charge in [-0.15, -0.1) is 0 Å². The minimum atomic E-state index is -0.770. The molecular weight excluding hydrogens is 444 g/mol. The van der Waals surface area contributed by atoms with Gasteiger partial charge in [0.25, 0.3) is 5.78 Å². The molecule has 3 aromatic carbocycles. The number of aliphatic hydroxyl groups excluding tert-OH is 1. The minimum Gasteiger partial charge on any atom is -0.507 e. The molecule has 1 saturated heterocycles. The number of hydrogen-bond acceptors (Lipinski definition) is 5. The van der Waals surface area contributed by atoms with Crippen LogP contribution in [0.3, 0.4) is 0 Å². The molecule has 5 rings (SSSR count). The number of rotatable bonds is 4. The molecule has 1 amide bonds. The van der Waals surface area contributed by atoms with Gasteiger partial charge in [0.05, 0.1) is 21.8 Å². The molecular formula is C28H24N2O3S. The standard InChI is InChI=1S/C28H24N2O3S/c1-4-18-8-12-19(13-9-18)24-23(25(31)20-10-5-16(2)6-11-20)26(32)27(33)30(24)28-29-21-14-7-17(3)15-22(21)34-28/h5-15,24,31H,4H2,1-3H3/t24-/m1/s1. The number of amides is 1. The lowest BCUT2D eigenvalue weighted by molar-refractivity contribution is -0.132. The van der Waals surface area contributed by atoms with Gasteiger partial charge in [-0.05, 0) is 49.1 Å². The third-order valence-corrected chi connectivity index (χ3v) is 7.23. The van der Waals surface area contributed by atoms with E-state index in [1.807, 2.05) is 68.4 Å². The molecule has 0 saturated carbocycles. The Morgan fingerprint density at radius 2 is 1.65 bits per heavy atom. The molecule has 2 heterocycles. The summed E-state index contributed by atoms with van der Waals surface area (Å²) in [7, 11) is 0. The number of carbonyl (C=O) groups excluding carboxylic acids is 2. The number of benzene rings is 3. The summed E-state index contributed by atoms with van der Waals surface area (Å²) in [6.07, 6.45) is 0.876. The number of fused-ring (bicyclic) bond motifs is 1. The molecule has 170 valence electrons. The number of aryl methyl sites for hydroxylation is 3.